The number of aromatic hydroxyl groups is 1. The summed E-state index contributed by atoms with van der Waals surface area (Å²) in [5, 5.41) is 18.9. The zero-order valence-electron chi connectivity index (χ0n) is 9.93. The molecule has 0 aliphatic rings. The number of nitrogens with two attached hydrogens (primary N) is 1. The summed E-state index contributed by atoms with van der Waals surface area (Å²) >= 11 is 0. The van der Waals surface area contributed by atoms with Gasteiger partial charge in [0.15, 0.2) is 0 Å². The molecule has 0 aliphatic carbocycles. The molecule has 0 unspecified atom stereocenters. The summed E-state index contributed by atoms with van der Waals surface area (Å²) in [5.41, 5.74) is 6.96. The number of phenols is 1. The second-order valence-corrected chi connectivity index (χ2v) is 3.89. The zero-order valence-corrected chi connectivity index (χ0v) is 10.8. The fourth-order valence-corrected chi connectivity index (χ4v) is 1.73. The van der Waals surface area contributed by atoms with Crippen LogP contribution in [0.25, 0.3) is 0 Å². The minimum Gasteiger partial charge on any atom is -0.507 e. The summed E-state index contributed by atoms with van der Waals surface area (Å²) in [4.78, 5) is 11.0. The van der Waals surface area contributed by atoms with Gasteiger partial charge in [0.05, 0.1) is 5.56 Å². The lowest BCUT2D eigenvalue weighted by Crippen LogP contribution is -2.15. The summed E-state index contributed by atoms with van der Waals surface area (Å²) in [6.45, 7) is 3.69. The number of carboxylic acid groups (broad SMARTS) is 1. The lowest BCUT2D eigenvalue weighted by Gasteiger charge is -2.16. The van der Waals surface area contributed by atoms with Gasteiger partial charge in [-0.1, -0.05) is 19.4 Å². The van der Waals surface area contributed by atoms with E-state index in [9.17, 15) is 9.90 Å². The molecule has 0 fully saturated rings. The molecule has 0 bridgehead atoms. The van der Waals surface area contributed by atoms with Gasteiger partial charge in [-0.15, -0.1) is 12.4 Å². The van der Waals surface area contributed by atoms with Crippen molar-refractivity contribution in [1.29, 1.82) is 0 Å². The molecule has 1 aromatic rings. The van der Waals surface area contributed by atoms with E-state index < -0.39 is 12.0 Å². The Balaban J connectivity index is 0.00000256. The lowest BCUT2D eigenvalue weighted by molar-refractivity contribution is 0.0694. The van der Waals surface area contributed by atoms with Crippen LogP contribution in [0.15, 0.2) is 12.1 Å². The number of carboxylic acids is 1. The Labute approximate surface area is 107 Å². The highest BCUT2D eigenvalue weighted by Crippen LogP contribution is 2.32. The zero-order chi connectivity index (χ0) is 12.3. The van der Waals surface area contributed by atoms with E-state index >= 15 is 0 Å². The fraction of sp³-hybridized carbons (Fsp3) is 0.417. The number of phenolic OH excluding ortho intramolecular Hbond substituents is 1. The van der Waals surface area contributed by atoms with Gasteiger partial charge >= 0.3 is 5.97 Å². The number of halogens is 1. The molecule has 1 rings (SSSR count). The normalized spacial score (nSPS) is 11.7. The van der Waals surface area contributed by atoms with Crippen LogP contribution in [0.4, 0.5) is 0 Å². The van der Waals surface area contributed by atoms with Gasteiger partial charge in [-0.3, -0.25) is 0 Å². The van der Waals surface area contributed by atoms with E-state index in [4.69, 9.17) is 10.8 Å². The topological polar surface area (TPSA) is 83.6 Å². The molecule has 1 atom stereocenters. The molecule has 96 valence electrons. The third-order valence-electron chi connectivity index (χ3n) is 2.62. The second-order valence-electron chi connectivity index (χ2n) is 3.89. The van der Waals surface area contributed by atoms with Crippen molar-refractivity contribution in [2.24, 2.45) is 5.73 Å². The maximum absolute atomic E-state index is 11.0. The number of benzene rings is 1. The molecule has 5 heteroatoms. The Morgan fingerprint density at radius 1 is 1.47 bits per heavy atom. The van der Waals surface area contributed by atoms with E-state index in [1.54, 1.807) is 13.0 Å². The number of aromatic carboxylic acids is 1. The second kappa shape index (κ2) is 6.47. The summed E-state index contributed by atoms with van der Waals surface area (Å²) < 4.78 is 0. The van der Waals surface area contributed by atoms with Crippen molar-refractivity contribution >= 4 is 18.4 Å². The van der Waals surface area contributed by atoms with Gasteiger partial charge in [0, 0.05) is 11.6 Å². The van der Waals surface area contributed by atoms with Crippen LogP contribution < -0.4 is 5.73 Å². The van der Waals surface area contributed by atoms with Gasteiger partial charge < -0.3 is 15.9 Å². The van der Waals surface area contributed by atoms with Crippen molar-refractivity contribution in [3.05, 3.63) is 28.8 Å². The van der Waals surface area contributed by atoms with E-state index in [0.29, 0.717) is 17.5 Å². The van der Waals surface area contributed by atoms with Crippen LogP contribution in [0.2, 0.25) is 0 Å². The molecular formula is C12H18ClNO3. The highest BCUT2D eigenvalue weighted by molar-refractivity contribution is 5.90. The van der Waals surface area contributed by atoms with E-state index in [1.807, 2.05) is 6.92 Å². The molecule has 1 aromatic carbocycles. The van der Waals surface area contributed by atoms with Crippen LogP contribution in [0.1, 0.15) is 47.3 Å². The fourth-order valence-electron chi connectivity index (χ4n) is 1.73. The van der Waals surface area contributed by atoms with Crippen molar-refractivity contribution in [1.82, 2.24) is 0 Å². The van der Waals surface area contributed by atoms with E-state index in [2.05, 4.69) is 0 Å². The van der Waals surface area contributed by atoms with Crippen LogP contribution in [-0.2, 0) is 0 Å². The number of rotatable bonds is 4. The summed E-state index contributed by atoms with van der Waals surface area (Å²) in [6, 6.07) is 2.64. The van der Waals surface area contributed by atoms with Crippen molar-refractivity contribution in [3.63, 3.8) is 0 Å². The highest BCUT2D eigenvalue weighted by atomic mass is 35.5. The third kappa shape index (κ3) is 3.35. The first-order chi connectivity index (χ1) is 7.49. The largest absolute Gasteiger partial charge is 0.507 e. The number of hydrogen-bond acceptors (Lipinski definition) is 3. The first-order valence-corrected chi connectivity index (χ1v) is 5.30. The SMILES string of the molecule is CCC[C@H](N)c1c(C(=O)O)ccc(C)c1O.Cl. The molecule has 0 heterocycles. The summed E-state index contributed by atoms with van der Waals surface area (Å²) in [6.07, 6.45) is 1.49. The molecule has 0 aromatic heterocycles. The Hall–Kier alpha value is -1.26. The van der Waals surface area contributed by atoms with Gasteiger partial charge in [-0.25, -0.2) is 4.79 Å². The van der Waals surface area contributed by atoms with Crippen LogP contribution >= 0.6 is 12.4 Å². The number of hydrogen-bond donors (Lipinski definition) is 3. The maximum Gasteiger partial charge on any atom is 0.336 e. The van der Waals surface area contributed by atoms with Crippen LogP contribution in [0.3, 0.4) is 0 Å². The van der Waals surface area contributed by atoms with Crippen molar-refractivity contribution in [2.45, 2.75) is 32.7 Å². The standard InChI is InChI=1S/C12H17NO3.ClH/c1-3-4-9(13)10-8(12(15)16)6-5-7(2)11(10)14;/h5-6,9,14H,3-4,13H2,1-2H3,(H,15,16);1H/t9-;/m0./s1. The monoisotopic (exact) mass is 259 g/mol. The minimum absolute atomic E-state index is 0. The van der Waals surface area contributed by atoms with Crippen LogP contribution in [-0.4, -0.2) is 16.2 Å². The van der Waals surface area contributed by atoms with E-state index in [0.717, 1.165) is 6.42 Å². The molecular weight excluding hydrogens is 242 g/mol. The predicted octanol–water partition coefficient (Wildman–Crippen LogP) is 2.62. The Bertz CT molecular complexity index is 407. The Morgan fingerprint density at radius 2 is 2.06 bits per heavy atom. The highest BCUT2D eigenvalue weighted by Gasteiger charge is 2.20. The quantitative estimate of drug-likeness (QED) is 0.776. The number of aryl methyl sites for hydroxylation is 1. The molecule has 0 saturated carbocycles. The van der Waals surface area contributed by atoms with Gasteiger partial charge in [0.2, 0.25) is 0 Å². The van der Waals surface area contributed by atoms with Gasteiger partial charge in [0.1, 0.15) is 5.75 Å². The predicted molar refractivity (Wildman–Crippen MR) is 68.9 cm³/mol. The summed E-state index contributed by atoms with van der Waals surface area (Å²) in [7, 11) is 0. The average molecular weight is 260 g/mol. The Kier molecular flexibility index (Phi) is 5.99. The first-order valence-electron chi connectivity index (χ1n) is 5.30. The van der Waals surface area contributed by atoms with Gasteiger partial charge in [-0.05, 0) is 25.0 Å². The van der Waals surface area contributed by atoms with Crippen LogP contribution in [0, 0.1) is 6.92 Å². The molecule has 4 N–H and O–H groups in total. The molecule has 4 nitrogen and oxygen atoms in total. The van der Waals surface area contributed by atoms with E-state index in [-0.39, 0.29) is 23.7 Å². The molecule has 17 heavy (non-hydrogen) atoms. The smallest absolute Gasteiger partial charge is 0.336 e. The van der Waals surface area contributed by atoms with E-state index in [1.165, 1.54) is 6.07 Å². The molecule has 0 amide bonds. The molecule has 0 saturated heterocycles. The third-order valence-corrected chi connectivity index (χ3v) is 2.62. The summed E-state index contributed by atoms with van der Waals surface area (Å²) in [5.74, 6) is -1.06. The lowest BCUT2D eigenvalue weighted by atomic mass is 9.94. The minimum atomic E-state index is -1.06. The average Bonchev–Trinajstić information content (AvgIpc) is 2.21. The van der Waals surface area contributed by atoms with Crippen LogP contribution in [0.5, 0.6) is 5.75 Å². The maximum atomic E-state index is 11.0. The van der Waals surface area contributed by atoms with Gasteiger partial charge in [0.25, 0.3) is 0 Å². The van der Waals surface area contributed by atoms with Gasteiger partial charge in [-0.2, -0.15) is 0 Å². The van der Waals surface area contributed by atoms with Crippen molar-refractivity contribution < 1.29 is 15.0 Å². The molecule has 0 radical (unpaired) electrons. The molecule has 0 aliphatic heterocycles. The first kappa shape index (κ1) is 15.7. The van der Waals surface area contributed by atoms with Crippen molar-refractivity contribution in [3.8, 4) is 5.75 Å². The Morgan fingerprint density at radius 3 is 2.53 bits per heavy atom. The van der Waals surface area contributed by atoms with Crippen molar-refractivity contribution in [2.75, 3.05) is 0 Å². The number of carbonyl (C=O) groups is 1. The molecule has 0 spiro atoms.